The summed E-state index contributed by atoms with van der Waals surface area (Å²) in [5, 5.41) is 9.58. The standard InChI is InChI=1S/C40H75NO8/c1-6-8-10-12-14-16-18-19-20-21-23-24-26-28-30-37(42)47-34-36(35-48-40(39(44)45)46-33-32-41(3,4)5)49-38(43)31-29-27-25-22-17-15-13-11-9-7-2/h11,13,36,40H,6-10,12,14-35H2,1-5H3/p+1/b13-11-. The number of quaternary nitrogens is 1. The molecule has 0 radical (unpaired) electrons. The fourth-order valence-corrected chi connectivity index (χ4v) is 5.37. The summed E-state index contributed by atoms with van der Waals surface area (Å²) in [4.78, 5) is 36.8. The van der Waals surface area contributed by atoms with Crippen LogP contribution in [0.15, 0.2) is 12.2 Å². The van der Waals surface area contributed by atoms with Crippen LogP contribution >= 0.6 is 0 Å². The molecule has 0 aromatic rings. The van der Waals surface area contributed by atoms with Crippen LogP contribution in [0, 0.1) is 0 Å². The minimum atomic E-state index is -1.50. The summed E-state index contributed by atoms with van der Waals surface area (Å²) in [6, 6.07) is 0. The molecule has 0 saturated carbocycles. The molecule has 0 aromatic heterocycles. The Bertz CT molecular complexity index is 826. The molecular formula is C40H76NO8+. The molecule has 0 aliphatic rings. The van der Waals surface area contributed by atoms with Crippen molar-refractivity contribution in [3.63, 3.8) is 0 Å². The number of unbranched alkanes of at least 4 members (excludes halogenated alkanes) is 19. The first kappa shape index (κ1) is 47.0. The molecule has 0 bridgehead atoms. The van der Waals surface area contributed by atoms with Crippen LogP contribution in [0.4, 0.5) is 0 Å². The van der Waals surface area contributed by atoms with E-state index in [-0.39, 0.29) is 32.2 Å². The van der Waals surface area contributed by atoms with E-state index in [1.165, 1.54) is 77.0 Å². The number of hydrogen-bond donors (Lipinski definition) is 1. The van der Waals surface area contributed by atoms with Gasteiger partial charge in [0, 0.05) is 12.8 Å². The molecule has 0 aliphatic heterocycles. The van der Waals surface area contributed by atoms with Gasteiger partial charge in [-0.15, -0.1) is 0 Å². The van der Waals surface area contributed by atoms with Gasteiger partial charge in [-0.3, -0.25) is 9.59 Å². The number of allylic oxidation sites excluding steroid dienone is 2. The van der Waals surface area contributed by atoms with Gasteiger partial charge in [-0.25, -0.2) is 4.79 Å². The lowest BCUT2D eigenvalue weighted by molar-refractivity contribution is -0.870. The predicted molar refractivity (Wildman–Crippen MR) is 198 cm³/mol. The average molecular weight is 699 g/mol. The van der Waals surface area contributed by atoms with Gasteiger partial charge < -0.3 is 28.5 Å². The fraction of sp³-hybridized carbons (Fsp3) is 0.875. The Morgan fingerprint density at radius 3 is 1.59 bits per heavy atom. The van der Waals surface area contributed by atoms with Crippen molar-refractivity contribution in [2.75, 3.05) is 47.5 Å². The van der Waals surface area contributed by atoms with E-state index in [1.807, 2.05) is 21.1 Å². The van der Waals surface area contributed by atoms with Crippen LogP contribution in [0.5, 0.6) is 0 Å². The second kappa shape index (κ2) is 33.2. The summed E-state index contributed by atoms with van der Waals surface area (Å²) in [5.41, 5.74) is 0. The molecule has 0 spiro atoms. The second-order valence-electron chi connectivity index (χ2n) is 14.6. The summed E-state index contributed by atoms with van der Waals surface area (Å²) in [5.74, 6) is -2.02. The molecule has 2 atom stereocenters. The Morgan fingerprint density at radius 2 is 1.08 bits per heavy atom. The Labute approximate surface area is 300 Å². The highest BCUT2D eigenvalue weighted by molar-refractivity contribution is 5.71. The maximum absolute atomic E-state index is 12.6. The largest absolute Gasteiger partial charge is 0.477 e. The van der Waals surface area contributed by atoms with Crippen LogP contribution in [0.25, 0.3) is 0 Å². The van der Waals surface area contributed by atoms with E-state index in [4.69, 9.17) is 18.9 Å². The molecule has 49 heavy (non-hydrogen) atoms. The van der Waals surface area contributed by atoms with Gasteiger partial charge in [-0.1, -0.05) is 135 Å². The summed E-state index contributed by atoms with van der Waals surface area (Å²) in [7, 11) is 5.94. The molecule has 0 saturated heterocycles. The number of nitrogens with zero attached hydrogens (tertiary/aromatic N) is 1. The third-order valence-corrected chi connectivity index (χ3v) is 8.50. The van der Waals surface area contributed by atoms with Crippen molar-refractivity contribution in [1.29, 1.82) is 0 Å². The van der Waals surface area contributed by atoms with Gasteiger partial charge in [0.1, 0.15) is 13.2 Å². The topological polar surface area (TPSA) is 108 Å². The molecule has 0 aliphatic carbocycles. The molecular weight excluding hydrogens is 622 g/mol. The zero-order chi connectivity index (χ0) is 36.4. The predicted octanol–water partition coefficient (Wildman–Crippen LogP) is 9.55. The summed E-state index contributed by atoms with van der Waals surface area (Å²) < 4.78 is 22.6. The van der Waals surface area contributed by atoms with Crippen LogP contribution in [-0.2, 0) is 33.3 Å². The van der Waals surface area contributed by atoms with Crippen molar-refractivity contribution in [3.05, 3.63) is 12.2 Å². The van der Waals surface area contributed by atoms with E-state index in [0.717, 1.165) is 57.8 Å². The molecule has 0 fully saturated rings. The molecule has 1 N–H and O–H groups in total. The molecule has 288 valence electrons. The number of carboxylic acid groups (broad SMARTS) is 1. The van der Waals surface area contributed by atoms with Crippen molar-refractivity contribution >= 4 is 17.9 Å². The highest BCUT2D eigenvalue weighted by atomic mass is 16.7. The van der Waals surface area contributed by atoms with Gasteiger partial charge >= 0.3 is 17.9 Å². The number of rotatable bonds is 36. The highest BCUT2D eigenvalue weighted by Crippen LogP contribution is 2.14. The normalized spacial score (nSPS) is 13.1. The number of esters is 2. The van der Waals surface area contributed by atoms with Crippen LogP contribution in [-0.4, -0.2) is 87.4 Å². The fourth-order valence-electron chi connectivity index (χ4n) is 5.37. The molecule has 9 nitrogen and oxygen atoms in total. The second-order valence-corrected chi connectivity index (χ2v) is 14.6. The van der Waals surface area contributed by atoms with Gasteiger partial charge in [0.05, 0.1) is 34.4 Å². The third-order valence-electron chi connectivity index (χ3n) is 8.50. The first-order valence-electron chi connectivity index (χ1n) is 19.9. The third kappa shape index (κ3) is 34.3. The van der Waals surface area contributed by atoms with E-state index in [9.17, 15) is 19.5 Å². The summed E-state index contributed by atoms with van der Waals surface area (Å²) in [6.45, 7) is 4.79. The first-order chi connectivity index (χ1) is 23.6. The Hall–Kier alpha value is -1.97. The lowest BCUT2D eigenvalue weighted by atomic mass is 10.0. The van der Waals surface area contributed by atoms with E-state index in [2.05, 4.69) is 26.0 Å². The minimum Gasteiger partial charge on any atom is -0.477 e. The SMILES string of the molecule is CCC/C=C\CCCCCCCC(=O)OC(COC(=O)CCCCCCCCCCCCCCCC)COC(OCC[N+](C)(C)C)C(=O)O. The van der Waals surface area contributed by atoms with Crippen LogP contribution < -0.4 is 0 Å². The quantitative estimate of drug-likeness (QED) is 0.0227. The number of hydrogen-bond acceptors (Lipinski definition) is 7. The van der Waals surface area contributed by atoms with Crippen molar-refractivity contribution in [2.24, 2.45) is 0 Å². The molecule has 0 heterocycles. The summed E-state index contributed by atoms with van der Waals surface area (Å²) >= 11 is 0. The highest BCUT2D eigenvalue weighted by Gasteiger charge is 2.25. The van der Waals surface area contributed by atoms with E-state index >= 15 is 0 Å². The zero-order valence-electron chi connectivity index (χ0n) is 32.4. The first-order valence-corrected chi connectivity index (χ1v) is 19.9. The van der Waals surface area contributed by atoms with Gasteiger partial charge in [-0.05, 0) is 32.1 Å². The van der Waals surface area contributed by atoms with Gasteiger partial charge in [0.15, 0.2) is 6.10 Å². The Morgan fingerprint density at radius 1 is 0.592 bits per heavy atom. The van der Waals surface area contributed by atoms with Crippen LogP contribution in [0.2, 0.25) is 0 Å². The lowest BCUT2D eigenvalue weighted by Gasteiger charge is -2.25. The number of carbonyl (C=O) groups is 3. The van der Waals surface area contributed by atoms with Crippen LogP contribution in [0.1, 0.15) is 168 Å². The smallest absolute Gasteiger partial charge is 0.361 e. The Kier molecular flexibility index (Phi) is 31.9. The summed E-state index contributed by atoms with van der Waals surface area (Å²) in [6.07, 6.45) is 28.4. The number of ether oxygens (including phenoxy) is 4. The van der Waals surface area contributed by atoms with E-state index in [0.29, 0.717) is 23.9 Å². The number of carboxylic acids is 1. The lowest BCUT2D eigenvalue weighted by Crippen LogP contribution is -2.40. The molecule has 0 amide bonds. The molecule has 0 aromatic carbocycles. The van der Waals surface area contributed by atoms with Gasteiger partial charge in [0.25, 0.3) is 6.29 Å². The maximum atomic E-state index is 12.6. The Balaban J connectivity index is 4.48. The monoisotopic (exact) mass is 699 g/mol. The average Bonchev–Trinajstić information content (AvgIpc) is 3.05. The molecule has 0 rings (SSSR count). The van der Waals surface area contributed by atoms with Crippen molar-refractivity contribution in [2.45, 2.75) is 180 Å². The number of likely N-dealkylation sites (N-methyl/N-ethyl adjacent to an activating group) is 1. The molecule has 2 unspecified atom stereocenters. The van der Waals surface area contributed by atoms with E-state index < -0.39 is 24.3 Å². The van der Waals surface area contributed by atoms with E-state index in [1.54, 1.807) is 0 Å². The molecule has 9 heteroatoms. The minimum absolute atomic E-state index is 0.181. The van der Waals surface area contributed by atoms with Crippen molar-refractivity contribution in [1.82, 2.24) is 0 Å². The van der Waals surface area contributed by atoms with Crippen molar-refractivity contribution in [3.8, 4) is 0 Å². The van der Waals surface area contributed by atoms with Gasteiger partial charge in [-0.2, -0.15) is 0 Å². The number of aliphatic carboxylic acids is 1. The van der Waals surface area contributed by atoms with Crippen molar-refractivity contribution < 1.29 is 42.9 Å². The zero-order valence-corrected chi connectivity index (χ0v) is 32.4. The number of carbonyl (C=O) groups excluding carboxylic acids is 2. The van der Waals surface area contributed by atoms with Crippen LogP contribution in [0.3, 0.4) is 0 Å². The maximum Gasteiger partial charge on any atom is 0.361 e. The van der Waals surface area contributed by atoms with Gasteiger partial charge in [0.2, 0.25) is 0 Å².